The molecule has 0 saturated heterocycles. The highest BCUT2D eigenvalue weighted by molar-refractivity contribution is 5.91. The van der Waals surface area contributed by atoms with Gasteiger partial charge in [0.1, 0.15) is 0 Å². The molecule has 2 aliphatic rings. The van der Waals surface area contributed by atoms with Gasteiger partial charge in [0.2, 0.25) is 0 Å². The molecule has 1 atom stereocenters. The van der Waals surface area contributed by atoms with Gasteiger partial charge in [0.05, 0.1) is 0 Å². The first-order valence-corrected chi connectivity index (χ1v) is 6.96. The van der Waals surface area contributed by atoms with Crippen LogP contribution in [-0.4, -0.2) is 16.5 Å². The number of hydrogen-bond donors (Lipinski definition) is 1. The van der Waals surface area contributed by atoms with Gasteiger partial charge in [0.25, 0.3) is 0 Å². The first kappa shape index (κ1) is 12.6. The van der Waals surface area contributed by atoms with E-state index in [1.165, 1.54) is 32.1 Å². The van der Waals surface area contributed by atoms with Gasteiger partial charge in [-0.15, -0.1) is 0 Å². The third kappa shape index (κ3) is 3.33. The monoisotopic (exact) mass is 234 g/mol. The zero-order chi connectivity index (χ0) is 12.1. The molecule has 0 bridgehead atoms. The van der Waals surface area contributed by atoms with Crippen LogP contribution in [0.1, 0.15) is 64.2 Å². The minimum Gasteiger partial charge on any atom is -0.371 e. The Labute approximate surface area is 104 Å². The van der Waals surface area contributed by atoms with E-state index >= 15 is 0 Å². The topological polar surface area (TPSA) is 37.3 Å². The molecule has 94 valence electrons. The summed E-state index contributed by atoms with van der Waals surface area (Å²) in [5.41, 5.74) is -1.31. The predicted octanol–water partition coefficient (Wildman–Crippen LogP) is 2.83. The molecule has 0 amide bonds. The number of carbonyl (C=O) groups is 1. The zero-order valence-corrected chi connectivity index (χ0v) is 10.5. The van der Waals surface area contributed by atoms with Gasteiger partial charge >= 0.3 is 0 Å². The highest BCUT2D eigenvalue weighted by atomic mass is 16.3. The maximum Gasteiger partial charge on any atom is 0.184 e. The number of aliphatic hydroxyl groups is 1. The lowest BCUT2D eigenvalue weighted by atomic mass is 9.83. The lowest BCUT2D eigenvalue weighted by Crippen LogP contribution is -2.39. The Kier molecular flexibility index (Phi) is 4.23. The van der Waals surface area contributed by atoms with Crippen molar-refractivity contribution in [3.8, 4) is 11.8 Å². The van der Waals surface area contributed by atoms with Gasteiger partial charge in [-0.05, 0) is 38.0 Å². The standard InChI is InChI=1S/C15H22O2/c16-14-10-4-5-11-15(14,17)12-6-9-13-7-2-1-3-8-13/h13,17H,1-5,7-11H2. The van der Waals surface area contributed by atoms with Crippen molar-refractivity contribution in [2.24, 2.45) is 5.92 Å². The van der Waals surface area contributed by atoms with Crippen molar-refractivity contribution in [3.63, 3.8) is 0 Å². The van der Waals surface area contributed by atoms with Crippen molar-refractivity contribution in [1.82, 2.24) is 0 Å². The Balaban J connectivity index is 1.88. The van der Waals surface area contributed by atoms with Gasteiger partial charge in [-0.25, -0.2) is 0 Å². The molecule has 2 aliphatic carbocycles. The molecule has 2 nitrogen and oxygen atoms in total. The van der Waals surface area contributed by atoms with E-state index < -0.39 is 5.60 Å². The summed E-state index contributed by atoms with van der Waals surface area (Å²) < 4.78 is 0. The molecular weight excluding hydrogens is 212 g/mol. The molecule has 0 spiro atoms. The fraction of sp³-hybridized carbons (Fsp3) is 0.800. The van der Waals surface area contributed by atoms with E-state index in [-0.39, 0.29) is 5.78 Å². The smallest absolute Gasteiger partial charge is 0.184 e. The van der Waals surface area contributed by atoms with Crippen LogP contribution in [-0.2, 0) is 4.79 Å². The van der Waals surface area contributed by atoms with Crippen molar-refractivity contribution in [3.05, 3.63) is 0 Å². The second-order valence-corrected chi connectivity index (χ2v) is 5.50. The Morgan fingerprint density at radius 2 is 1.94 bits per heavy atom. The van der Waals surface area contributed by atoms with Crippen LogP contribution >= 0.6 is 0 Å². The Hall–Kier alpha value is -0.810. The first-order valence-electron chi connectivity index (χ1n) is 6.96. The normalized spacial score (nSPS) is 30.8. The molecule has 1 N–H and O–H groups in total. The van der Waals surface area contributed by atoms with E-state index in [1.807, 2.05) is 0 Å². The fourth-order valence-electron chi connectivity index (χ4n) is 2.88. The first-order chi connectivity index (χ1) is 8.21. The highest BCUT2D eigenvalue weighted by Gasteiger charge is 2.35. The molecule has 0 radical (unpaired) electrons. The van der Waals surface area contributed by atoms with Gasteiger partial charge in [0.15, 0.2) is 11.4 Å². The molecule has 0 heterocycles. The van der Waals surface area contributed by atoms with Crippen LogP contribution in [0.15, 0.2) is 0 Å². The van der Waals surface area contributed by atoms with Gasteiger partial charge < -0.3 is 5.11 Å². The summed E-state index contributed by atoms with van der Waals surface area (Å²) in [6, 6.07) is 0. The van der Waals surface area contributed by atoms with E-state index in [2.05, 4.69) is 11.8 Å². The average Bonchev–Trinajstić information content (AvgIpc) is 2.35. The fourth-order valence-corrected chi connectivity index (χ4v) is 2.88. The summed E-state index contributed by atoms with van der Waals surface area (Å²) in [6.45, 7) is 0. The molecule has 0 aromatic heterocycles. The molecule has 2 rings (SSSR count). The minimum absolute atomic E-state index is 0.0695. The Bertz CT molecular complexity index is 331. The van der Waals surface area contributed by atoms with E-state index in [9.17, 15) is 9.90 Å². The van der Waals surface area contributed by atoms with Gasteiger partial charge in [-0.3, -0.25) is 4.79 Å². The number of ketones is 1. The molecule has 2 heteroatoms. The largest absolute Gasteiger partial charge is 0.371 e. The quantitative estimate of drug-likeness (QED) is 0.708. The van der Waals surface area contributed by atoms with Crippen LogP contribution in [0.3, 0.4) is 0 Å². The highest BCUT2D eigenvalue weighted by Crippen LogP contribution is 2.27. The van der Waals surface area contributed by atoms with Crippen molar-refractivity contribution in [1.29, 1.82) is 0 Å². The second-order valence-electron chi connectivity index (χ2n) is 5.50. The number of rotatable bonds is 1. The zero-order valence-electron chi connectivity index (χ0n) is 10.5. The van der Waals surface area contributed by atoms with Gasteiger partial charge in [-0.1, -0.05) is 31.1 Å². The third-order valence-corrected chi connectivity index (χ3v) is 4.06. The summed E-state index contributed by atoms with van der Waals surface area (Å²) >= 11 is 0. The van der Waals surface area contributed by atoms with Crippen LogP contribution in [0, 0.1) is 17.8 Å². The van der Waals surface area contributed by atoms with Crippen molar-refractivity contribution < 1.29 is 9.90 Å². The summed E-state index contributed by atoms with van der Waals surface area (Å²) in [6.07, 6.45) is 10.2. The van der Waals surface area contributed by atoms with E-state index in [0.717, 1.165) is 19.3 Å². The van der Waals surface area contributed by atoms with Crippen LogP contribution in [0.25, 0.3) is 0 Å². The summed E-state index contributed by atoms with van der Waals surface area (Å²) in [7, 11) is 0. The second kappa shape index (κ2) is 5.69. The molecule has 0 aromatic carbocycles. The van der Waals surface area contributed by atoms with E-state index in [1.54, 1.807) is 0 Å². The summed E-state index contributed by atoms with van der Waals surface area (Å²) in [4.78, 5) is 11.6. The SMILES string of the molecule is O=C1CCCCC1(O)C#CCC1CCCCC1. The van der Waals surface area contributed by atoms with Crippen LogP contribution in [0.5, 0.6) is 0 Å². The van der Waals surface area contributed by atoms with Gasteiger partial charge in [-0.2, -0.15) is 0 Å². The van der Waals surface area contributed by atoms with Crippen molar-refractivity contribution in [2.75, 3.05) is 0 Å². The van der Waals surface area contributed by atoms with Crippen molar-refractivity contribution in [2.45, 2.75) is 69.8 Å². The minimum atomic E-state index is -1.31. The Morgan fingerprint density at radius 1 is 1.18 bits per heavy atom. The molecule has 0 aromatic rings. The average molecular weight is 234 g/mol. The van der Waals surface area contributed by atoms with Crippen LogP contribution < -0.4 is 0 Å². The summed E-state index contributed by atoms with van der Waals surface area (Å²) in [5.74, 6) is 6.55. The third-order valence-electron chi connectivity index (χ3n) is 4.06. The van der Waals surface area contributed by atoms with Crippen LogP contribution in [0.2, 0.25) is 0 Å². The number of Topliss-reactive ketones (excluding diaryl/α,β-unsaturated/α-hetero) is 1. The van der Waals surface area contributed by atoms with Crippen molar-refractivity contribution >= 4 is 5.78 Å². The molecule has 17 heavy (non-hydrogen) atoms. The molecule has 2 saturated carbocycles. The molecule has 2 fully saturated rings. The Morgan fingerprint density at radius 3 is 2.65 bits per heavy atom. The number of hydrogen-bond acceptors (Lipinski definition) is 2. The predicted molar refractivity (Wildman–Crippen MR) is 67.4 cm³/mol. The maximum absolute atomic E-state index is 11.6. The molecule has 1 unspecified atom stereocenters. The number of carbonyl (C=O) groups excluding carboxylic acids is 1. The summed E-state index contributed by atoms with van der Waals surface area (Å²) in [5, 5.41) is 10.1. The van der Waals surface area contributed by atoms with E-state index in [0.29, 0.717) is 18.8 Å². The molecule has 0 aliphatic heterocycles. The van der Waals surface area contributed by atoms with E-state index in [4.69, 9.17) is 0 Å². The van der Waals surface area contributed by atoms with Gasteiger partial charge in [0, 0.05) is 12.8 Å². The lowest BCUT2D eigenvalue weighted by Gasteiger charge is -2.25. The molecular formula is C15H22O2. The lowest BCUT2D eigenvalue weighted by molar-refractivity contribution is -0.134. The van der Waals surface area contributed by atoms with Crippen LogP contribution in [0.4, 0.5) is 0 Å². The maximum atomic E-state index is 11.6.